The summed E-state index contributed by atoms with van der Waals surface area (Å²) in [5, 5.41) is 2.90. The van der Waals surface area contributed by atoms with Crippen LogP contribution in [0, 0.1) is 20.8 Å². The summed E-state index contributed by atoms with van der Waals surface area (Å²) in [6.07, 6.45) is 2.44. The van der Waals surface area contributed by atoms with Crippen LogP contribution in [0.25, 0.3) is 0 Å². The van der Waals surface area contributed by atoms with Gasteiger partial charge in [-0.2, -0.15) is 0 Å². The molecule has 0 aromatic heterocycles. The van der Waals surface area contributed by atoms with Crippen LogP contribution < -0.4 is 14.5 Å². The summed E-state index contributed by atoms with van der Waals surface area (Å²) in [7, 11) is -3.94. The molecule has 1 amide bonds. The number of hydrogen-bond donors (Lipinski definition) is 1. The van der Waals surface area contributed by atoms with Gasteiger partial charge in [-0.3, -0.25) is 9.10 Å². The average Bonchev–Trinajstić information content (AvgIpc) is 3.38. The minimum Gasteiger partial charge on any atom is -0.372 e. The Morgan fingerprint density at radius 3 is 2.17 bits per heavy atom. The Morgan fingerprint density at radius 2 is 1.51 bits per heavy atom. The highest BCUT2D eigenvalue weighted by atomic mass is 32.2. The third kappa shape index (κ3) is 5.85. The van der Waals surface area contributed by atoms with E-state index in [4.69, 9.17) is 0 Å². The molecule has 184 valence electrons. The third-order valence-electron chi connectivity index (χ3n) is 6.43. The molecule has 0 aliphatic carbocycles. The van der Waals surface area contributed by atoms with Gasteiger partial charge in [0.05, 0.1) is 10.6 Å². The molecule has 0 spiro atoms. The second kappa shape index (κ2) is 10.5. The molecule has 1 fully saturated rings. The van der Waals surface area contributed by atoms with Crippen molar-refractivity contribution in [3.8, 4) is 0 Å². The van der Waals surface area contributed by atoms with Crippen LogP contribution in [-0.2, 0) is 21.4 Å². The lowest BCUT2D eigenvalue weighted by Crippen LogP contribution is -2.41. The molecule has 0 atom stereocenters. The number of rotatable bonds is 8. The molecule has 1 heterocycles. The van der Waals surface area contributed by atoms with E-state index in [-0.39, 0.29) is 17.3 Å². The van der Waals surface area contributed by atoms with Gasteiger partial charge in [0.25, 0.3) is 10.0 Å². The molecule has 1 aliphatic heterocycles. The molecule has 0 bridgehead atoms. The Hall–Kier alpha value is -3.32. The van der Waals surface area contributed by atoms with Crippen molar-refractivity contribution in [2.45, 2.75) is 45.1 Å². The van der Waals surface area contributed by atoms with Gasteiger partial charge in [-0.05, 0) is 80.6 Å². The van der Waals surface area contributed by atoms with E-state index in [1.165, 1.54) is 22.8 Å². The van der Waals surface area contributed by atoms with Gasteiger partial charge in [-0.15, -0.1) is 0 Å². The molecular formula is C28H33N3O3S. The maximum Gasteiger partial charge on any atom is 0.264 e. The van der Waals surface area contributed by atoms with Gasteiger partial charge in [0.1, 0.15) is 6.54 Å². The van der Waals surface area contributed by atoms with Gasteiger partial charge in [0.15, 0.2) is 0 Å². The molecule has 1 N–H and O–H groups in total. The van der Waals surface area contributed by atoms with E-state index < -0.39 is 10.0 Å². The van der Waals surface area contributed by atoms with E-state index >= 15 is 0 Å². The first-order valence-corrected chi connectivity index (χ1v) is 13.5. The predicted molar refractivity (Wildman–Crippen MR) is 141 cm³/mol. The molecule has 0 saturated carbocycles. The first-order valence-electron chi connectivity index (χ1n) is 12.0. The molecule has 3 aromatic rings. The minimum atomic E-state index is -3.94. The van der Waals surface area contributed by atoms with Crippen molar-refractivity contribution in [2.75, 3.05) is 28.8 Å². The van der Waals surface area contributed by atoms with Crippen LogP contribution in [0.5, 0.6) is 0 Å². The van der Waals surface area contributed by atoms with Crippen molar-refractivity contribution < 1.29 is 13.2 Å². The lowest BCUT2D eigenvalue weighted by molar-refractivity contribution is -0.119. The summed E-state index contributed by atoms with van der Waals surface area (Å²) in [6.45, 7) is 7.87. The SMILES string of the molecule is Cc1ccc(S(=O)(=O)N(CC(=O)NCc2ccc(N3CCCC3)cc2)c2cc(C)ccc2C)cc1. The Bertz CT molecular complexity index is 1280. The zero-order valence-electron chi connectivity index (χ0n) is 20.6. The van der Waals surface area contributed by atoms with Crippen LogP contribution in [0.1, 0.15) is 35.1 Å². The molecule has 1 saturated heterocycles. The lowest BCUT2D eigenvalue weighted by atomic mass is 10.1. The van der Waals surface area contributed by atoms with Crippen LogP contribution in [0.2, 0.25) is 0 Å². The fraction of sp³-hybridized carbons (Fsp3) is 0.321. The number of nitrogens with one attached hydrogen (secondary N) is 1. The van der Waals surface area contributed by atoms with E-state index in [0.29, 0.717) is 12.2 Å². The third-order valence-corrected chi connectivity index (χ3v) is 8.20. The fourth-order valence-corrected chi connectivity index (χ4v) is 5.79. The zero-order chi connectivity index (χ0) is 25.0. The van der Waals surface area contributed by atoms with Crippen LogP contribution in [0.4, 0.5) is 11.4 Å². The zero-order valence-corrected chi connectivity index (χ0v) is 21.4. The van der Waals surface area contributed by atoms with Gasteiger partial charge < -0.3 is 10.2 Å². The summed E-state index contributed by atoms with van der Waals surface area (Å²) in [5.74, 6) is -0.356. The van der Waals surface area contributed by atoms with Crippen molar-refractivity contribution >= 4 is 27.3 Å². The van der Waals surface area contributed by atoms with Gasteiger partial charge in [-0.1, -0.05) is 42.0 Å². The summed E-state index contributed by atoms with van der Waals surface area (Å²) in [5.41, 5.74) is 5.36. The topological polar surface area (TPSA) is 69.7 Å². The van der Waals surface area contributed by atoms with Crippen LogP contribution in [-0.4, -0.2) is 34.0 Å². The van der Waals surface area contributed by atoms with Crippen molar-refractivity contribution in [3.63, 3.8) is 0 Å². The van der Waals surface area contributed by atoms with Gasteiger partial charge >= 0.3 is 0 Å². The smallest absolute Gasteiger partial charge is 0.264 e. The quantitative estimate of drug-likeness (QED) is 0.495. The molecule has 1 aliphatic rings. The summed E-state index contributed by atoms with van der Waals surface area (Å²) < 4.78 is 28.5. The highest BCUT2D eigenvalue weighted by Crippen LogP contribution is 2.28. The van der Waals surface area contributed by atoms with Gasteiger partial charge in [-0.25, -0.2) is 8.42 Å². The first kappa shape index (κ1) is 24.8. The van der Waals surface area contributed by atoms with Gasteiger partial charge in [0.2, 0.25) is 5.91 Å². The number of hydrogen-bond acceptors (Lipinski definition) is 4. The number of anilines is 2. The maximum atomic E-state index is 13.6. The second-order valence-electron chi connectivity index (χ2n) is 9.25. The molecule has 0 radical (unpaired) electrons. The number of aryl methyl sites for hydroxylation is 3. The van der Waals surface area contributed by atoms with Crippen molar-refractivity contribution in [2.24, 2.45) is 0 Å². The highest BCUT2D eigenvalue weighted by Gasteiger charge is 2.28. The Morgan fingerprint density at radius 1 is 0.886 bits per heavy atom. The molecule has 4 rings (SSSR count). The summed E-state index contributed by atoms with van der Waals surface area (Å²) in [6, 6.07) is 20.5. The molecular weight excluding hydrogens is 458 g/mol. The van der Waals surface area contributed by atoms with Crippen LogP contribution in [0.15, 0.2) is 71.6 Å². The number of nitrogens with zero attached hydrogens (tertiary/aromatic N) is 2. The molecule has 6 nitrogen and oxygen atoms in total. The normalized spacial score (nSPS) is 13.6. The monoisotopic (exact) mass is 491 g/mol. The predicted octanol–water partition coefficient (Wildman–Crippen LogP) is 4.72. The fourth-order valence-electron chi connectivity index (χ4n) is 4.31. The Kier molecular flexibility index (Phi) is 7.45. The standard InChI is InChI=1S/C28H33N3O3S/c1-21-7-14-26(15-8-21)35(33,34)31(27-18-22(2)6-9-23(27)3)20-28(32)29-19-24-10-12-25(13-11-24)30-16-4-5-17-30/h6-15,18H,4-5,16-17,19-20H2,1-3H3,(H,29,32). The summed E-state index contributed by atoms with van der Waals surface area (Å²) in [4.78, 5) is 15.5. The second-order valence-corrected chi connectivity index (χ2v) is 11.1. The van der Waals surface area contributed by atoms with Crippen molar-refractivity contribution in [1.29, 1.82) is 0 Å². The molecule has 0 unspecified atom stereocenters. The average molecular weight is 492 g/mol. The maximum absolute atomic E-state index is 13.6. The van der Waals surface area contributed by atoms with E-state index in [1.807, 2.05) is 51.1 Å². The lowest BCUT2D eigenvalue weighted by Gasteiger charge is -2.26. The van der Waals surface area contributed by atoms with E-state index in [1.54, 1.807) is 24.3 Å². The van der Waals surface area contributed by atoms with Crippen LogP contribution >= 0.6 is 0 Å². The number of carbonyl (C=O) groups excluding carboxylic acids is 1. The minimum absolute atomic E-state index is 0.161. The van der Waals surface area contributed by atoms with Crippen molar-refractivity contribution in [3.05, 3.63) is 89.0 Å². The van der Waals surface area contributed by atoms with E-state index in [0.717, 1.165) is 35.3 Å². The number of amides is 1. The molecule has 35 heavy (non-hydrogen) atoms. The summed E-state index contributed by atoms with van der Waals surface area (Å²) >= 11 is 0. The molecule has 3 aromatic carbocycles. The Balaban J connectivity index is 1.52. The first-order chi connectivity index (χ1) is 16.7. The number of sulfonamides is 1. The van der Waals surface area contributed by atoms with Gasteiger partial charge in [0, 0.05) is 25.3 Å². The largest absolute Gasteiger partial charge is 0.372 e. The van der Waals surface area contributed by atoms with E-state index in [9.17, 15) is 13.2 Å². The van der Waals surface area contributed by atoms with E-state index in [2.05, 4.69) is 22.3 Å². The number of carbonyl (C=O) groups is 1. The van der Waals surface area contributed by atoms with Crippen LogP contribution in [0.3, 0.4) is 0 Å². The highest BCUT2D eigenvalue weighted by molar-refractivity contribution is 7.92. The number of benzene rings is 3. The Labute approximate surface area is 208 Å². The van der Waals surface area contributed by atoms with Crippen molar-refractivity contribution in [1.82, 2.24) is 5.32 Å². The molecule has 7 heteroatoms.